The number of alkyl halides is 2. The Morgan fingerprint density at radius 3 is 2.50 bits per heavy atom. The molecular weight excluding hydrogens is 422 g/mol. The molecule has 0 fully saturated rings. The summed E-state index contributed by atoms with van der Waals surface area (Å²) in [6.45, 7) is -1.84. The Hall–Kier alpha value is -1.86. The number of nitrogens with zero attached hydrogens (tertiary/aromatic N) is 2. The van der Waals surface area contributed by atoms with Crippen molar-refractivity contribution in [3.8, 4) is 22.7 Å². The van der Waals surface area contributed by atoms with Crippen molar-refractivity contribution < 1.29 is 18.1 Å². The summed E-state index contributed by atoms with van der Waals surface area (Å²) in [6, 6.07) is 15.0. The SMILES string of the molecule is FC(F)Oc1ccc(-c2c[n+]3c(n2-c2ccc(Br)cc2)SCCC3)cc1. The van der Waals surface area contributed by atoms with E-state index in [0.717, 1.165) is 40.1 Å². The van der Waals surface area contributed by atoms with Crippen LogP contribution in [0.2, 0.25) is 0 Å². The molecule has 1 aromatic heterocycles. The van der Waals surface area contributed by atoms with E-state index in [1.54, 1.807) is 12.1 Å². The van der Waals surface area contributed by atoms with Gasteiger partial charge in [0.15, 0.2) is 5.69 Å². The van der Waals surface area contributed by atoms with Gasteiger partial charge >= 0.3 is 11.8 Å². The Bertz CT molecular complexity index is 911. The number of hydrogen-bond acceptors (Lipinski definition) is 2. The predicted molar refractivity (Wildman–Crippen MR) is 101 cm³/mol. The quantitative estimate of drug-likeness (QED) is 0.516. The van der Waals surface area contributed by atoms with Gasteiger partial charge in [-0.25, -0.2) is 4.57 Å². The normalized spacial score (nSPS) is 13.7. The maximum Gasteiger partial charge on any atom is 0.387 e. The second kappa shape index (κ2) is 7.40. The molecule has 2 heterocycles. The van der Waals surface area contributed by atoms with Gasteiger partial charge < -0.3 is 4.74 Å². The molecule has 0 saturated carbocycles. The number of aromatic nitrogens is 2. The number of fused-ring (bicyclic) bond motifs is 1. The number of ether oxygens (including phenoxy) is 1. The molecule has 1 aliphatic rings. The molecule has 0 bridgehead atoms. The van der Waals surface area contributed by atoms with Gasteiger partial charge in [0.25, 0.3) is 0 Å². The number of halogens is 3. The van der Waals surface area contributed by atoms with Gasteiger partial charge in [0.2, 0.25) is 0 Å². The highest BCUT2D eigenvalue weighted by Gasteiger charge is 2.28. The van der Waals surface area contributed by atoms with Crippen LogP contribution in [0.1, 0.15) is 6.42 Å². The smallest absolute Gasteiger partial charge is 0.387 e. The predicted octanol–water partition coefficient (Wildman–Crippen LogP) is 5.29. The van der Waals surface area contributed by atoms with Crippen LogP contribution in [0.5, 0.6) is 5.75 Å². The molecule has 0 spiro atoms. The standard InChI is InChI=1S/C19H16BrF2N2OS/c20-14-4-6-15(7-5-14)24-17(12-23-10-1-11-26-19(23)24)13-2-8-16(9-3-13)25-18(21)22/h2-9,12,18H,1,10-11H2/q+1. The molecule has 0 saturated heterocycles. The van der Waals surface area contributed by atoms with E-state index in [1.165, 1.54) is 5.16 Å². The summed E-state index contributed by atoms with van der Waals surface area (Å²) >= 11 is 5.31. The average molecular weight is 438 g/mol. The molecule has 0 N–H and O–H groups in total. The molecule has 3 aromatic rings. The Kier molecular flexibility index (Phi) is 5.00. The van der Waals surface area contributed by atoms with E-state index in [0.29, 0.717) is 0 Å². The van der Waals surface area contributed by atoms with Crippen molar-refractivity contribution in [2.45, 2.75) is 24.7 Å². The van der Waals surface area contributed by atoms with Crippen LogP contribution < -0.4 is 9.30 Å². The van der Waals surface area contributed by atoms with E-state index in [-0.39, 0.29) is 5.75 Å². The third-order valence-electron chi connectivity index (χ3n) is 4.19. The molecule has 0 amide bonds. The third kappa shape index (κ3) is 3.50. The fraction of sp³-hybridized carbons (Fsp3) is 0.211. The van der Waals surface area contributed by atoms with Gasteiger partial charge in [0.05, 0.1) is 6.54 Å². The van der Waals surface area contributed by atoms with E-state index >= 15 is 0 Å². The lowest BCUT2D eigenvalue weighted by atomic mass is 10.1. The van der Waals surface area contributed by atoms with E-state index in [2.05, 4.69) is 48.1 Å². The van der Waals surface area contributed by atoms with Crippen LogP contribution in [0.4, 0.5) is 8.78 Å². The maximum absolute atomic E-state index is 12.4. The van der Waals surface area contributed by atoms with E-state index in [9.17, 15) is 8.78 Å². The highest BCUT2D eigenvalue weighted by atomic mass is 79.9. The average Bonchev–Trinajstić information content (AvgIpc) is 3.02. The zero-order valence-corrected chi connectivity index (χ0v) is 16.1. The molecule has 2 aromatic carbocycles. The summed E-state index contributed by atoms with van der Waals surface area (Å²) in [7, 11) is 0. The lowest BCUT2D eigenvalue weighted by Crippen LogP contribution is -2.37. The van der Waals surface area contributed by atoms with Gasteiger partial charge in [0.1, 0.15) is 17.6 Å². The molecule has 134 valence electrons. The van der Waals surface area contributed by atoms with Crippen LogP contribution >= 0.6 is 27.7 Å². The van der Waals surface area contributed by atoms with Crippen molar-refractivity contribution in [1.29, 1.82) is 0 Å². The van der Waals surface area contributed by atoms with Crippen molar-refractivity contribution >= 4 is 27.7 Å². The minimum absolute atomic E-state index is 0.164. The first-order valence-corrected chi connectivity index (χ1v) is 9.99. The number of rotatable bonds is 4. The minimum atomic E-state index is -2.81. The highest BCUT2D eigenvalue weighted by molar-refractivity contribution is 9.10. The van der Waals surface area contributed by atoms with Crippen molar-refractivity contribution in [1.82, 2.24) is 4.57 Å². The Morgan fingerprint density at radius 1 is 1.08 bits per heavy atom. The molecular formula is C19H16BrF2N2OS+. The minimum Gasteiger partial charge on any atom is -0.435 e. The Balaban J connectivity index is 1.80. The monoisotopic (exact) mass is 437 g/mol. The number of hydrogen-bond donors (Lipinski definition) is 0. The van der Waals surface area contributed by atoms with E-state index in [1.807, 2.05) is 36.0 Å². The number of benzene rings is 2. The molecule has 0 unspecified atom stereocenters. The van der Waals surface area contributed by atoms with Crippen molar-refractivity contribution in [2.24, 2.45) is 0 Å². The molecule has 0 radical (unpaired) electrons. The summed E-state index contributed by atoms with van der Waals surface area (Å²) in [6.07, 6.45) is 3.26. The summed E-state index contributed by atoms with van der Waals surface area (Å²) in [4.78, 5) is 0. The van der Waals surface area contributed by atoms with E-state index in [4.69, 9.17) is 0 Å². The fourth-order valence-corrected chi connectivity index (χ4v) is 4.41. The third-order valence-corrected chi connectivity index (χ3v) is 5.89. The van der Waals surface area contributed by atoms with Gasteiger partial charge in [0, 0.05) is 15.8 Å². The summed E-state index contributed by atoms with van der Waals surface area (Å²) in [5.41, 5.74) is 3.05. The lowest BCUT2D eigenvalue weighted by Gasteiger charge is -2.10. The molecule has 1 aliphatic heterocycles. The van der Waals surface area contributed by atoms with Gasteiger partial charge in [-0.05, 0) is 66.7 Å². The van der Waals surface area contributed by atoms with Crippen LogP contribution in [0.15, 0.2) is 64.4 Å². The van der Waals surface area contributed by atoms with Crippen LogP contribution in [-0.2, 0) is 6.54 Å². The molecule has 7 heteroatoms. The second-order valence-electron chi connectivity index (χ2n) is 5.91. The van der Waals surface area contributed by atoms with Crippen molar-refractivity contribution in [3.63, 3.8) is 0 Å². The zero-order valence-electron chi connectivity index (χ0n) is 13.7. The Labute approximate surface area is 162 Å². The Morgan fingerprint density at radius 2 is 1.81 bits per heavy atom. The molecule has 3 nitrogen and oxygen atoms in total. The first kappa shape index (κ1) is 17.5. The van der Waals surface area contributed by atoms with Gasteiger partial charge in [-0.1, -0.05) is 15.9 Å². The van der Waals surface area contributed by atoms with Crippen molar-refractivity contribution in [3.05, 3.63) is 59.2 Å². The maximum atomic E-state index is 12.4. The van der Waals surface area contributed by atoms with Crippen LogP contribution in [0.25, 0.3) is 16.9 Å². The first-order chi connectivity index (χ1) is 12.6. The molecule has 4 rings (SSSR count). The van der Waals surface area contributed by atoms with Gasteiger partial charge in [-0.3, -0.25) is 0 Å². The number of imidazole rings is 1. The molecule has 0 atom stereocenters. The van der Waals surface area contributed by atoms with Crippen molar-refractivity contribution in [2.75, 3.05) is 5.75 Å². The first-order valence-electron chi connectivity index (χ1n) is 8.21. The number of aryl methyl sites for hydroxylation is 1. The zero-order chi connectivity index (χ0) is 18.1. The lowest BCUT2D eigenvalue weighted by molar-refractivity contribution is -0.734. The highest BCUT2D eigenvalue weighted by Crippen LogP contribution is 2.32. The fourth-order valence-electron chi connectivity index (χ4n) is 3.05. The summed E-state index contributed by atoms with van der Waals surface area (Å²) in [5.74, 6) is 1.25. The number of thioether (sulfide) groups is 1. The summed E-state index contributed by atoms with van der Waals surface area (Å²) < 4.78 is 34.7. The molecule has 26 heavy (non-hydrogen) atoms. The van der Waals surface area contributed by atoms with Gasteiger partial charge in [-0.2, -0.15) is 13.3 Å². The van der Waals surface area contributed by atoms with Crippen LogP contribution in [0, 0.1) is 0 Å². The second-order valence-corrected chi connectivity index (χ2v) is 7.88. The van der Waals surface area contributed by atoms with Crippen LogP contribution in [-0.4, -0.2) is 16.9 Å². The topological polar surface area (TPSA) is 18.0 Å². The van der Waals surface area contributed by atoms with Gasteiger partial charge in [-0.15, -0.1) is 0 Å². The van der Waals surface area contributed by atoms with Crippen LogP contribution in [0.3, 0.4) is 0 Å². The molecule has 0 aliphatic carbocycles. The largest absolute Gasteiger partial charge is 0.435 e. The summed E-state index contributed by atoms with van der Waals surface area (Å²) in [5, 5.41) is 1.18. The van der Waals surface area contributed by atoms with E-state index < -0.39 is 6.61 Å².